The van der Waals surface area contributed by atoms with Crippen LogP contribution in [0, 0.1) is 0 Å². The van der Waals surface area contributed by atoms with Crippen LogP contribution in [-0.2, 0) is 4.79 Å². The molecular formula is C22H27N3OS. The predicted molar refractivity (Wildman–Crippen MR) is 112 cm³/mol. The SMILES string of the molecule is CN(CCN1CCCCC1)CC(=O)N1c2ccccc2Sc2ccccc21. The van der Waals surface area contributed by atoms with E-state index in [1.165, 1.54) is 32.4 Å². The first-order valence-electron chi connectivity index (χ1n) is 9.82. The molecule has 0 atom stereocenters. The molecular weight excluding hydrogens is 354 g/mol. The molecule has 0 bridgehead atoms. The second kappa shape index (κ2) is 8.46. The highest BCUT2D eigenvalue weighted by molar-refractivity contribution is 7.99. The van der Waals surface area contributed by atoms with Gasteiger partial charge in [0.05, 0.1) is 17.9 Å². The zero-order chi connectivity index (χ0) is 18.6. The fraction of sp³-hybridized carbons (Fsp3) is 0.409. The van der Waals surface area contributed by atoms with Gasteiger partial charge in [0.2, 0.25) is 5.91 Å². The molecule has 2 aliphatic heterocycles. The Balaban J connectivity index is 1.46. The number of nitrogens with zero attached hydrogens (tertiary/aromatic N) is 3. The van der Waals surface area contributed by atoms with Gasteiger partial charge in [-0.05, 0) is 57.2 Å². The Morgan fingerprint density at radius 2 is 1.56 bits per heavy atom. The van der Waals surface area contributed by atoms with Crippen LogP contribution >= 0.6 is 11.8 Å². The van der Waals surface area contributed by atoms with Gasteiger partial charge < -0.3 is 4.90 Å². The van der Waals surface area contributed by atoms with E-state index in [4.69, 9.17) is 0 Å². The van der Waals surface area contributed by atoms with Crippen LogP contribution < -0.4 is 4.90 Å². The van der Waals surface area contributed by atoms with Crippen LogP contribution in [0.3, 0.4) is 0 Å². The molecule has 4 nitrogen and oxygen atoms in total. The van der Waals surface area contributed by atoms with E-state index in [-0.39, 0.29) is 5.91 Å². The second-order valence-electron chi connectivity index (χ2n) is 7.41. The van der Waals surface area contributed by atoms with Gasteiger partial charge in [0, 0.05) is 22.9 Å². The van der Waals surface area contributed by atoms with Crippen molar-refractivity contribution in [1.82, 2.24) is 9.80 Å². The Morgan fingerprint density at radius 1 is 0.963 bits per heavy atom. The van der Waals surface area contributed by atoms with E-state index in [2.05, 4.69) is 29.0 Å². The van der Waals surface area contributed by atoms with E-state index in [0.717, 1.165) is 34.3 Å². The Morgan fingerprint density at radius 3 is 2.19 bits per heavy atom. The van der Waals surface area contributed by atoms with Gasteiger partial charge in [-0.1, -0.05) is 42.4 Å². The summed E-state index contributed by atoms with van der Waals surface area (Å²) in [4.78, 5) is 22.1. The van der Waals surface area contributed by atoms with Gasteiger partial charge >= 0.3 is 0 Å². The molecule has 1 amide bonds. The molecule has 1 fully saturated rings. The lowest BCUT2D eigenvalue weighted by Crippen LogP contribution is -2.41. The fourth-order valence-electron chi connectivity index (χ4n) is 3.85. The molecule has 2 aromatic carbocycles. The molecule has 2 aromatic rings. The first-order valence-corrected chi connectivity index (χ1v) is 10.6. The van der Waals surface area contributed by atoms with Crippen LogP contribution in [0.4, 0.5) is 11.4 Å². The second-order valence-corrected chi connectivity index (χ2v) is 8.49. The molecule has 0 radical (unpaired) electrons. The molecule has 4 rings (SSSR count). The van der Waals surface area contributed by atoms with Gasteiger partial charge in [-0.3, -0.25) is 14.6 Å². The summed E-state index contributed by atoms with van der Waals surface area (Å²) in [6.07, 6.45) is 3.97. The number of fused-ring (bicyclic) bond motifs is 2. The zero-order valence-electron chi connectivity index (χ0n) is 15.9. The number of amides is 1. The van der Waals surface area contributed by atoms with Crippen LogP contribution in [0.15, 0.2) is 58.3 Å². The lowest BCUT2D eigenvalue weighted by molar-refractivity contribution is -0.118. The van der Waals surface area contributed by atoms with E-state index in [9.17, 15) is 4.79 Å². The number of hydrogen-bond donors (Lipinski definition) is 0. The van der Waals surface area contributed by atoms with Gasteiger partial charge in [-0.25, -0.2) is 0 Å². The van der Waals surface area contributed by atoms with E-state index in [0.29, 0.717) is 6.54 Å². The largest absolute Gasteiger partial charge is 0.302 e. The van der Waals surface area contributed by atoms with Crippen molar-refractivity contribution < 1.29 is 4.79 Å². The van der Waals surface area contributed by atoms with Gasteiger partial charge in [0.15, 0.2) is 0 Å². The molecule has 1 saturated heterocycles. The summed E-state index contributed by atoms with van der Waals surface area (Å²) in [5, 5.41) is 0. The summed E-state index contributed by atoms with van der Waals surface area (Å²) in [6, 6.07) is 16.4. The molecule has 5 heteroatoms. The number of hydrogen-bond acceptors (Lipinski definition) is 4. The quantitative estimate of drug-likeness (QED) is 0.774. The Kier molecular flexibility index (Phi) is 5.81. The number of likely N-dealkylation sites (N-methyl/N-ethyl adjacent to an activating group) is 1. The van der Waals surface area contributed by atoms with Crippen LogP contribution in [0.25, 0.3) is 0 Å². The molecule has 27 heavy (non-hydrogen) atoms. The summed E-state index contributed by atoms with van der Waals surface area (Å²) in [5.41, 5.74) is 1.99. The minimum absolute atomic E-state index is 0.136. The topological polar surface area (TPSA) is 26.8 Å². The molecule has 2 heterocycles. The number of piperidine rings is 1. The fourth-order valence-corrected chi connectivity index (χ4v) is 4.91. The Labute approximate surface area is 166 Å². The molecule has 0 saturated carbocycles. The molecule has 0 aliphatic carbocycles. The summed E-state index contributed by atoms with van der Waals surface area (Å²) in [5.74, 6) is 0.136. The average Bonchev–Trinajstić information content (AvgIpc) is 2.71. The normalized spacial score (nSPS) is 16.9. The standard InChI is InChI=1S/C22H27N3OS/c1-23(15-16-24-13-7-2-8-14-24)17-22(26)25-18-9-3-5-11-20(18)27-21-12-6-4-10-19(21)25/h3-6,9-12H,2,7-8,13-17H2,1H3. The van der Waals surface area contributed by atoms with E-state index in [1.807, 2.05) is 41.3 Å². The van der Waals surface area contributed by atoms with Crippen LogP contribution in [0.5, 0.6) is 0 Å². The van der Waals surface area contributed by atoms with Crippen molar-refractivity contribution in [1.29, 1.82) is 0 Å². The summed E-state index contributed by atoms with van der Waals surface area (Å²) in [6.45, 7) is 4.81. The number of carbonyl (C=O) groups is 1. The van der Waals surface area contributed by atoms with Crippen molar-refractivity contribution in [2.24, 2.45) is 0 Å². The first kappa shape index (κ1) is 18.5. The highest BCUT2D eigenvalue weighted by atomic mass is 32.2. The van der Waals surface area contributed by atoms with Gasteiger partial charge in [0.1, 0.15) is 0 Å². The van der Waals surface area contributed by atoms with Crippen molar-refractivity contribution in [2.75, 3.05) is 44.7 Å². The maximum absolute atomic E-state index is 13.2. The maximum Gasteiger partial charge on any atom is 0.245 e. The first-order chi connectivity index (χ1) is 13.2. The summed E-state index contributed by atoms with van der Waals surface area (Å²) in [7, 11) is 2.05. The Hall–Kier alpha value is -1.82. The average molecular weight is 382 g/mol. The summed E-state index contributed by atoms with van der Waals surface area (Å²) >= 11 is 1.74. The minimum Gasteiger partial charge on any atom is -0.302 e. The number of carbonyl (C=O) groups excluding carboxylic acids is 1. The minimum atomic E-state index is 0.136. The molecule has 0 spiro atoms. The van der Waals surface area contributed by atoms with Crippen LogP contribution in [-0.4, -0.2) is 55.5 Å². The molecule has 0 N–H and O–H groups in total. The third-order valence-corrected chi connectivity index (χ3v) is 6.46. The number of para-hydroxylation sites is 2. The highest BCUT2D eigenvalue weighted by Gasteiger charge is 2.28. The van der Waals surface area contributed by atoms with Crippen molar-refractivity contribution in [3.8, 4) is 0 Å². The van der Waals surface area contributed by atoms with Gasteiger partial charge in [-0.2, -0.15) is 0 Å². The van der Waals surface area contributed by atoms with Gasteiger partial charge in [0.25, 0.3) is 0 Å². The van der Waals surface area contributed by atoms with Crippen molar-refractivity contribution >= 4 is 29.0 Å². The molecule has 2 aliphatic rings. The van der Waals surface area contributed by atoms with Crippen molar-refractivity contribution in [3.05, 3.63) is 48.5 Å². The van der Waals surface area contributed by atoms with Gasteiger partial charge in [-0.15, -0.1) is 0 Å². The number of likely N-dealkylation sites (tertiary alicyclic amines) is 1. The molecule has 142 valence electrons. The third kappa shape index (κ3) is 4.21. The molecule has 0 aromatic heterocycles. The van der Waals surface area contributed by atoms with E-state index >= 15 is 0 Å². The van der Waals surface area contributed by atoms with E-state index < -0.39 is 0 Å². The summed E-state index contributed by atoms with van der Waals surface area (Å²) < 4.78 is 0. The van der Waals surface area contributed by atoms with Crippen LogP contribution in [0.1, 0.15) is 19.3 Å². The number of benzene rings is 2. The lowest BCUT2D eigenvalue weighted by atomic mass is 10.1. The number of anilines is 2. The van der Waals surface area contributed by atoms with Crippen molar-refractivity contribution in [2.45, 2.75) is 29.1 Å². The smallest absolute Gasteiger partial charge is 0.245 e. The van der Waals surface area contributed by atoms with Crippen molar-refractivity contribution in [3.63, 3.8) is 0 Å². The highest BCUT2D eigenvalue weighted by Crippen LogP contribution is 2.47. The molecule has 0 unspecified atom stereocenters. The number of rotatable bonds is 5. The predicted octanol–water partition coefficient (Wildman–Crippen LogP) is 4.23. The van der Waals surface area contributed by atoms with E-state index in [1.54, 1.807) is 11.8 Å². The Bertz CT molecular complexity index is 758. The zero-order valence-corrected chi connectivity index (χ0v) is 16.8. The lowest BCUT2D eigenvalue weighted by Gasteiger charge is -2.33. The monoisotopic (exact) mass is 381 g/mol. The third-order valence-electron chi connectivity index (χ3n) is 5.33. The van der Waals surface area contributed by atoms with Crippen LogP contribution in [0.2, 0.25) is 0 Å². The maximum atomic E-state index is 13.2.